The lowest BCUT2D eigenvalue weighted by atomic mass is 9.89. The zero-order valence-electron chi connectivity index (χ0n) is 20.0. The quantitative estimate of drug-likeness (QED) is 0.392. The minimum absolute atomic E-state index is 0.00131. The van der Waals surface area contributed by atoms with Gasteiger partial charge in [-0.2, -0.15) is 0 Å². The van der Waals surface area contributed by atoms with Crippen molar-refractivity contribution in [2.45, 2.75) is 65.5 Å². The number of carbonyl (C=O) groups is 2. The maximum atomic E-state index is 12.5. The van der Waals surface area contributed by atoms with E-state index in [1.165, 1.54) is 0 Å². The lowest BCUT2D eigenvalue weighted by Gasteiger charge is -2.27. The third-order valence-electron chi connectivity index (χ3n) is 5.12. The van der Waals surface area contributed by atoms with Gasteiger partial charge in [0.15, 0.2) is 0 Å². The lowest BCUT2D eigenvalue weighted by Crippen LogP contribution is -2.41. The molecule has 2 atom stereocenters. The number of hydrogen-bond acceptors (Lipinski definition) is 4. The van der Waals surface area contributed by atoms with E-state index in [0.717, 1.165) is 16.7 Å². The average molecular weight is 438 g/mol. The van der Waals surface area contributed by atoms with Crippen LogP contribution in [0, 0.1) is 0 Å². The van der Waals surface area contributed by atoms with Gasteiger partial charge in [0.2, 0.25) is 0 Å². The molecule has 0 radical (unpaired) electrons. The SMILES string of the molecule is CCOC(=O)C(C)=CC[C@H](NC(=O)OC(C)(C)C)C(C)c1ccc(-c2ccccc2)cc1. The van der Waals surface area contributed by atoms with E-state index < -0.39 is 11.7 Å². The van der Waals surface area contributed by atoms with Crippen LogP contribution in [0.15, 0.2) is 66.2 Å². The molecular weight excluding hydrogens is 402 g/mol. The number of hydrogen-bond donors (Lipinski definition) is 1. The molecule has 0 saturated carbocycles. The fourth-order valence-electron chi connectivity index (χ4n) is 3.32. The second-order valence-electron chi connectivity index (χ2n) is 8.87. The molecule has 0 heterocycles. The van der Waals surface area contributed by atoms with Gasteiger partial charge in [0.05, 0.1) is 6.61 Å². The molecule has 0 spiro atoms. The molecule has 1 unspecified atom stereocenters. The maximum absolute atomic E-state index is 12.5. The van der Waals surface area contributed by atoms with Crippen LogP contribution in [0.3, 0.4) is 0 Å². The summed E-state index contributed by atoms with van der Waals surface area (Å²) < 4.78 is 10.5. The summed E-state index contributed by atoms with van der Waals surface area (Å²) in [5.41, 5.74) is 3.31. The molecule has 32 heavy (non-hydrogen) atoms. The molecule has 5 nitrogen and oxygen atoms in total. The molecule has 172 valence electrons. The molecular formula is C27H35NO4. The van der Waals surface area contributed by atoms with E-state index in [0.29, 0.717) is 18.6 Å². The van der Waals surface area contributed by atoms with Gasteiger partial charge in [-0.1, -0.05) is 67.6 Å². The summed E-state index contributed by atoms with van der Waals surface area (Å²) in [6.45, 7) is 11.4. The van der Waals surface area contributed by atoms with Crippen molar-refractivity contribution in [2.75, 3.05) is 6.61 Å². The monoisotopic (exact) mass is 437 g/mol. The van der Waals surface area contributed by atoms with Crippen molar-refractivity contribution >= 4 is 12.1 Å². The number of rotatable bonds is 8. The summed E-state index contributed by atoms with van der Waals surface area (Å²) in [5, 5.41) is 2.99. The Hall–Kier alpha value is -3.08. The fourth-order valence-corrected chi connectivity index (χ4v) is 3.32. The Bertz CT molecular complexity index is 911. The fraction of sp³-hybridized carbons (Fsp3) is 0.407. The number of esters is 1. The molecule has 0 aliphatic carbocycles. The van der Waals surface area contributed by atoms with E-state index in [9.17, 15) is 9.59 Å². The van der Waals surface area contributed by atoms with Crippen LogP contribution in [0.4, 0.5) is 4.79 Å². The van der Waals surface area contributed by atoms with E-state index >= 15 is 0 Å². The predicted molar refractivity (Wildman–Crippen MR) is 128 cm³/mol. The van der Waals surface area contributed by atoms with Crippen molar-refractivity contribution in [2.24, 2.45) is 0 Å². The van der Waals surface area contributed by atoms with Crippen molar-refractivity contribution in [1.29, 1.82) is 0 Å². The molecule has 1 amide bonds. The smallest absolute Gasteiger partial charge is 0.407 e. The minimum Gasteiger partial charge on any atom is -0.463 e. The Kier molecular flexibility index (Phi) is 9.06. The zero-order valence-corrected chi connectivity index (χ0v) is 20.0. The molecule has 2 aromatic rings. The second-order valence-corrected chi connectivity index (χ2v) is 8.87. The van der Waals surface area contributed by atoms with Crippen molar-refractivity contribution in [3.8, 4) is 11.1 Å². The summed E-state index contributed by atoms with van der Waals surface area (Å²) in [7, 11) is 0. The Morgan fingerprint density at radius 1 is 1.00 bits per heavy atom. The Balaban J connectivity index is 2.21. The third kappa shape index (κ3) is 7.88. The highest BCUT2D eigenvalue weighted by Crippen LogP contribution is 2.26. The topological polar surface area (TPSA) is 64.6 Å². The molecule has 1 N–H and O–H groups in total. The molecule has 5 heteroatoms. The van der Waals surface area contributed by atoms with Gasteiger partial charge in [0.1, 0.15) is 5.60 Å². The molecule has 2 rings (SSSR count). The molecule has 0 saturated heterocycles. The van der Waals surface area contributed by atoms with Crippen molar-refractivity contribution in [1.82, 2.24) is 5.32 Å². The number of alkyl carbamates (subject to hydrolysis) is 1. The highest BCUT2D eigenvalue weighted by Gasteiger charge is 2.24. The lowest BCUT2D eigenvalue weighted by molar-refractivity contribution is -0.138. The van der Waals surface area contributed by atoms with Gasteiger partial charge in [-0.25, -0.2) is 9.59 Å². The summed E-state index contributed by atoms with van der Waals surface area (Å²) in [4.78, 5) is 24.5. The first kappa shape index (κ1) is 25.2. The first-order valence-electron chi connectivity index (χ1n) is 11.1. The molecule has 2 aromatic carbocycles. The maximum Gasteiger partial charge on any atom is 0.407 e. The molecule has 0 aliphatic rings. The minimum atomic E-state index is -0.591. The van der Waals surface area contributed by atoms with Crippen LogP contribution in [0.1, 0.15) is 59.4 Å². The van der Waals surface area contributed by atoms with Crippen LogP contribution in [-0.2, 0) is 14.3 Å². The molecule has 0 bridgehead atoms. The Labute approximate surface area is 191 Å². The molecule has 0 aromatic heterocycles. The van der Waals surface area contributed by atoms with Crippen LogP contribution >= 0.6 is 0 Å². The van der Waals surface area contributed by atoms with Crippen LogP contribution < -0.4 is 5.32 Å². The first-order chi connectivity index (χ1) is 15.1. The van der Waals surface area contributed by atoms with Crippen LogP contribution in [-0.4, -0.2) is 30.3 Å². The van der Waals surface area contributed by atoms with Gasteiger partial charge in [-0.05, 0) is 57.7 Å². The van der Waals surface area contributed by atoms with Crippen LogP contribution in [0.2, 0.25) is 0 Å². The van der Waals surface area contributed by atoms with E-state index in [4.69, 9.17) is 9.47 Å². The third-order valence-corrected chi connectivity index (χ3v) is 5.12. The number of carbonyl (C=O) groups excluding carboxylic acids is 2. The average Bonchev–Trinajstić information content (AvgIpc) is 2.75. The van der Waals surface area contributed by atoms with Gasteiger partial charge in [-0.3, -0.25) is 0 Å². The Morgan fingerprint density at radius 3 is 2.16 bits per heavy atom. The van der Waals surface area contributed by atoms with Crippen molar-refractivity contribution in [3.63, 3.8) is 0 Å². The summed E-state index contributed by atoms with van der Waals surface area (Å²) in [6, 6.07) is 18.3. The number of benzene rings is 2. The van der Waals surface area contributed by atoms with Gasteiger partial charge < -0.3 is 14.8 Å². The van der Waals surface area contributed by atoms with Gasteiger partial charge >= 0.3 is 12.1 Å². The van der Waals surface area contributed by atoms with Gasteiger partial charge in [0, 0.05) is 17.5 Å². The number of nitrogens with one attached hydrogen (secondary N) is 1. The van der Waals surface area contributed by atoms with Crippen LogP contribution in [0.5, 0.6) is 0 Å². The summed E-state index contributed by atoms with van der Waals surface area (Å²) in [5.74, 6) is -0.345. The first-order valence-corrected chi connectivity index (χ1v) is 11.1. The van der Waals surface area contributed by atoms with Gasteiger partial charge in [0.25, 0.3) is 0 Å². The highest BCUT2D eigenvalue weighted by atomic mass is 16.6. The second kappa shape index (κ2) is 11.5. The highest BCUT2D eigenvalue weighted by molar-refractivity contribution is 5.87. The summed E-state index contributed by atoms with van der Waals surface area (Å²) >= 11 is 0. The summed E-state index contributed by atoms with van der Waals surface area (Å²) in [6.07, 6.45) is 1.82. The van der Waals surface area contributed by atoms with Crippen LogP contribution in [0.25, 0.3) is 11.1 Å². The van der Waals surface area contributed by atoms with E-state index in [-0.39, 0.29) is 17.9 Å². The van der Waals surface area contributed by atoms with Crippen molar-refractivity contribution < 1.29 is 19.1 Å². The number of amides is 1. The van der Waals surface area contributed by atoms with E-state index in [1.807, 2.05) is 45.0 Å². The molecule has 0 aliphatic heterocycles. The van der Waals surface area contributed by atoms with E-state index in [2.05, 4.69) is 48.6 Å². The van der Waals surface area contributed by atoms with Crippen molar-refractivity contribution in [3.05, 3.63) is 71.8 Å². The largest absolute Gasteiger partial charge is 0.463 e. The molecule has 0 fully saturated rings. The van der Waals surface area contributed by atoms with E-state index in [1.54, 1.807) is 13.8 Å². The standard InChI is InChI=1S/C27H35NO4/c1-7-31-25(29)19(2)13-18-24(28-26(30)32-27(4,5)6)20(3)21-14-16-23(17-15-21)22-11-9-8-10-12-22/h8-17,20,24H,7,18H2,1-6H3,(H,28,30)/t20?,24-/m0/s1. The van der Waals surface area contributed by atoms with Gasteiger partial charge in [-0.15, -0.1) is 0 Å². The normalized spacial score (nSPS) is 13.8. The number of ether oxygens (including phenoxy) is 2. The zero-order chi connectivity index (χ0) is 23.7. The Morgan fingerprint density at radius 2 is 1.59 bits per heavy atom. The predicted octanol–water partition coefficient (Wildman–Crippen LogP) is 6.25.